The first-order valence-electron chi connectivity index (χ1n) is 10.7. The van der Waals surface area contributed by atoms with Crippen LogP contribution >= 0.6 is 23.1 Å². The van der Waals surface area contributed by atoms with Gasteiger partial charge in [0.1, 0.15) is 5.01 Å². The molecule has 2 aliphatic rings. The van der Waals surface area contributed by atoms with Crippen molar-refractivity contribution in [1.29, 1.82) is 0 Å². The van der Waals surface area contributed by atoms with Crippen LogP contribution in [0.5, 0.6) is 0 Å². The van der Waals surface area contributed by atoms with Gasteiger partial charge in [-0.3, -0.25) is 24.2 Å². The average Bonchev–Trinajstić information content (AvgIpc) is 3.37. The van der Waals surface area contributed by atoms with Gasteiger partial charge in [-0.25, -0.2) is 4.98 Å². The summed E-state index contributed by atoms with van der Waals surface area (Å²) in [7, 11) is 2.16. The monoisotopic (exact) mass is 473 g/mol. The molecule has 1 aromatic heterocycles. The van der Waals surface area contributed by atoms with E-state index < -0.39 is 0 Å². The minimum absolute atomic E-state index is 0.170. The number of hydrogen-bond donors (Lipinski definition) is 1. The van der Waals surface area contributed by atoms with Crippen LogP contribution in [0, 0.1) is 0 Å². The second-order valence-electron chi connectivity index (χ2n) is 8.05. The third kappa shape index (κ3) is 5.94. The summed E-state index contributed by atoms with van der Waals surface area (Å²) in [6, 6.07) is 8.49. The Hall–Kier alpha value is -2.27. The lowest BCUT2D eigenvalue weighted by atomic mass is 10.1. The number of piperazine rings is 1. The fourth-order valence-corrected chi connectivity index (χ4v) is 5.25. The molecule has 10 heteroatoms. The third-order valence-electron chi connectivity index (χ3n) is 5.59. The van der Waals surface area contributed by atoms with Crippen molar-refractivity contribution in [1.82, 2.24) is 25.0 Å². The molecule has 32 heavy (non-hydrogen) atoms. The first kappa shape index (κ1) is 22.9. The summed E-state index contributed by atoms with van der Waals surface area (Å²) in [6.45, 7) is 5.84. The van der Waals surface area contributed by atoms with E-state index in [2.05, 4.69) is 51.4 Å². The molecular formula is C22H27N5O3S2. The van der Waals surface area contributed by atoms with Gasteiger partial charge in [0.2, 0.25) is 11.8 Å². The number of carbonyl (C=O) groups is 3. The number of amides is 3. The zero-order valence-corrected chi connectivity index (χ0v) is 19.7. The minimum Gasteiger partial charge on any atom is -0.354 e. The Kier molecular flexibility index (Phi) is 7.56. The summed E-state index contributed by atoms with van der Waals surface area (Å²) in [5, 5.41) is 5.31. The van der Waals surface area contributed by atoms with Crippen molar-refractivity contribution in [2.75, 3.05) is 52.1 Å². The van der Waals surface area contributed by atoms with E-state index in [1.165, 1.54) is 21.8 Å². The normalized spacial score (nSPS) is 17.8. The van der Waals surface area contributed by atoms with E-state index >= 15 is 0 Å². The molecule has 8 nitrogen and oxygen atoms in total. The summed E-state index contributed by atoms with van der Waals surface area (Å²) in [4.78, 5) is 46.0. The van der Waals surface area contributed by atoms with E-state index in [-0.39, 0.29) is 42.3 Å². The fourth-order valence-electron chi connectivity index (χ4n) is 3.67. The predicted molar refractivity (Wildman–Crippen MR) is 127 cm³/mol. The molecular weight excluding hydrogens is 446 g/mol. The molecule has 0 radical (unpaired) electrons. The molecule has 0 spiro atoms. The highest BCUT2D eigenvalue weighted by Gasteiger charge is 2.29. The fraction of sp³-hybridized carbons (Fsp3) is 0.455. The molecule has 0 bridgehead atoms. The highest BCUT2D eigenvalue weighted by molar-refractivity contribution is 8.14. The number of benzene rings is 1. The first-order valence-corrected chi connectivity index (χ1v) is 12.5. The summed E-state index contributed by atoms with van der Waals surface area (Å²) < 4.78 is 0. The summed E-state index contributed by atoms with van der Waals surface area (Å²) >= 11 is 2.52. The zero-order chi connectivity index (χ0) is 22.5. The SMILES string of the molecule is CN1CCN(Cc2ccc(-c3nc(CC(=O)NCCN4C(=O)CSC4=O)cs3)cc2)CC1. The highest BCUT2D eigenvalue weighted by Crippen LogP contribution is 2.25. The standard InChI is InChI=1S/C22H27N5O3S2/c1-25-8-10-26(11-9-25)13-16-2-4-17(5-3-16)21-24-18(14-31-21)12-19(28)23-6-7-27-20(29)15-32-22(27)30/h2-5,14H,6-13,15H2,1H3,(H,23,28). The molecule has 0 atom stereocenters. The Morgan fingerprint density at radius 1 is 1.12 bits per heavy atom. The van der Waals surface area contributed by atoms with Crippen molar-refractivity contribution in [2.24, 2.45) is 0 Å². The van der Waals surface area contributed by atoms with Crippen molar-refractivity contribution in [3.63, 3.8) is 0 Å². The number of thioether (sulfide) groups is 1. The van der Waals surface area contributed by atoms with Crippen LogP contribution in [0.15, 0.2) is 29.6 Å². The van der Waals surface area contributed by atoms with E-state index in [9.17, 15) is 14.4 Å². The number of carbonyl (C=O) groups excluding carboxylic acids is 3. The molecule has 0 unspecified atom stereocenters. The van der Waals surface area contributed by atoms with Crippen LogP contribution < -0.4 is 5.32 Å². The molecule has 1 aromatic carbocycles. The van der Waals surface area contributed by atoms with Gasteiger partial charge in [-0.1, -0.05) is 36.0 Å². The smallest absolute Gasteiger partial charge is 0.288 e. The molecule has 3 heterocycles. The molecule has 4 rings (SSSR count). The number of hydrogen-bond acceptors (Lipinski definition) is 8. The van der Waals surface area contributed by atoms with Crippen LogP contribution in [0.3, 0.4) is 0 Å². The molecule has 170 valence electrons. The second-order valence-corrected chi connectivity index (χ2v) is 9.83. The van der Waals surface area contributed by atoms with Gasteiger partial charge in [0, 0.05) is 56.8 Å². The largest absolute Gasteiger partial charge is 0.354 e. The molecule has 0 saturated carbocycles. The Morgan fingerprint density at radius 2 is 1.88 bits per heavy atom. The predicted octanol–water partition coefficient (Wildman–Crippen LogP) is 1.91. The topological polar surface area (TPSA) is 85.8 Å². The zero-order valence-electron chi connectivity index (χ0n) is 18.1. The molecule has 3 amide bonds. The Bertz CT molecular complexity index is 954. The average molecular weight is 474 g/mol. The van der Waals surface area contributed by atoms with E-state index in [0.717, 1.165) is 55.1 Å². The van der Waals surface area contributed by atoms with Crippen LogP contribution in [0.25, 0.3) is 10.6 Å². The van der Waals surface area contributed by atoms with Gasteiger partial charge in [0.15, 0.2) is 0 Å². The van der Waals surface area contributed by atoms with Gasteiger partial charge in [0.25, 0.3) is 5.24 Å². The van der Waals surface area contributed by atoms with Gasteiger partial charge in [-0.15, -0.1) is 11.3 Å². The molecule has 2 aliphatic heterocycles. The summed E-state index contributed by atoms with van der Waals surface area (Å²) in [5.41, 5.74) is 3.06. The lowest BCUT2D eigenvalue weighted by molar-refractivity contribution is -0.125. The second kappa shape index (κ2) is 10.6. The van der Waals surface area contributed by atoms with Crippen molar-refractivity contribution in [3.05, 3.63) is 40.9 Å². The van der Waals surface area contributed by atoms with Gasteiger partial charge >= 0.3 is 0 Å². The van der Waals surface area contributed by atoms with Crippen LogP contribution in [0.1, 0.15) is 11.3 Å². The Balaban J connectivity index is 1.24. The minimum atomic E-state index is -0.247. The van der Waals surface area contributed by atoms with Crippen LogP contribution in [-0.4, -0.2) is 88.8 Å². The van der Waals surface area contributed by atoms with Gasteiger partial charge < -0.3 is 10.2 Å². The molecule has 1 N–H and O–H groups in total. The maximum Gasteiger partial charge on any atom is 0.288 e. The van der Waals surface area contributed by atoms with Crippen LogP contribution in [0.2, 0.25) is 0 Å². The maximum absolute atomic E-state index is 12.2. The van der Waals surface area contributed by atoms with E-state index in [1.54, 1.807) is 0 Å². The van der Waals surface area contributed by atoms with E-state index in [1.807, 2.05) is 5.38 Å². The quantitative estimate of drug-likeness (QED) is 0.627. The van der Waals surface area contributed by atoms with Crippen molar-refractivity contribution >= 4 is 40.2 Å². The third-order valence-corrected chi connectivity index (χ3v) is 7.39. The van der Waals surface area contributed by atoms with Crippen LogP contribution in [0.4, 0.5) is 4.79 Å². The number of thiazole rings is 1. The number of rotatable bonds is 8. The van der Waals surface area contributed by atoms with Gasteiger partial charge in [-0.2, -0.15) is 0 Å². The number of nitrogens with zero attached hydrogens (tertiary/aromatic N) is 4. The highest BCUT2D eigenvalue weighted by atomic mass is 32.2. The molecule has 2 fully saturated rings. The Morgan fingerprint density at radius 3 is 2.56 bits per heavy atom. The van der Waals surface area contributed by atoms with Crippen LogP contribution in [-0.2, 0) is 22.6 Å². The van der Waals surface area contributed by atoms with Crippen molar-refractivity contribution < 1.29 is 14.4 Å². The molecule has 2 aromatic rings. The van der Waals surface area contributed by atoms with Crippen molar-refractivity contribution in [2.45, 2.75) is 13.0 Å². The van der Waals surface area contributed by atoms with Crippen molar-refractivity contribution in [3.8, 4) is 10.6 Å². The summed E-state index contributed by atoms with van der Waals surface area (Å²) in [5.74, 6) is -0.186. The number of nitrogens with one attached hydrogen (secondary N) is 1. The molecule has 2 saturated heterocycles. The maximum atomic E-state index is 12.2. The summed E-state index contributed by atoms with van der Waals surface area (Å²) in [6.07, 6.45) is 0.175. The number of likely N-dealkylation sites (N-methyl/N-ethyl adjacent to an activating group) is 1. The number of aromatic nitrogens is 1. The number of imide groups is 1. The molecule has 0 aliphatic carbocycles. The van der Waals surface area contributed by atoms with Gasteiger partial charge in [0.05, 0.1) is 17.9 Å². The lowest BCUT2D eigenvalue weighted by Crippen LogP contribution is -2.43. The Labute approximate surface area is 196 Å². The van der Waals surface area contributed by atoms with E-state index in [0.29, 0.717) is 5.69 Å². The first-order chi connectivity index (χ1) is 15.5. The lowest BCUT2D eigenvalue weighted by Gasteiger charge is -2.32. The van der Waals surface area contributed by atoms with Gasteiger partial charge in [-0.05, 0) is 12.6 Å². The van der Waals surface area contributed by atoms with E-state index in [4.69, 9.17) is 0 Å².